The number of nitrogens with zero attached hydrogens (tertiary/aromatic N) is 3. The van der Waals surface area contributed by atoms with Crippen LogP contribution in [0.5, 0.6) is 0 Å². The van der Waals surface area contributed by atoms with Crippen LogP contribution in [0.15, 0.2) is 28.9 Å². The molecule has 0 saturated carbocycles. The van der Waals surface area contributed by atoms with E-state index in [9.17, 15) is 0 Å². The minimum absolute atomic E-state index is 0.682. The Hall–Kier alpha value is -1.20. The van der Waals surface area contributed by atoms with Gasteiger partial charge < -0.3 is 10.2 Å². The number of hydrogen-bond donors (Lipinski definition) is 1. The highest BCUT2D eigenvalue weighted by Crippen LogP contribution is 2.18. The normalized spacial score (nSPS) is 11.1. The Morgan fingerprint density at radius 2 is 2.18 bits per heavy atom. The Morgan fingerprint density at radius 1 is 1.35 bits per heavy atom. The van der Waals surface area contributed by atoms with Crippen LogP contribution in [-0.2, 0) is 0 Å². The quantitative estimate of drug-likeness (QED) is 0.940. The monoisotopic (exact) mass is 294 g/mol. The Labute approximate surface area is 109 Å². The Kier molecular flexibility index (Phi) is 3.91. The molecule has 0 radical (unpaired) electrons. The molecule has 0 fully saturated rings. The topological polar surface area (TPSA) is 41.0 Å². The largest absolute Gasteiger partial charge is 0.353 e. The van der Waals surface area contributed by atoms with E-state index in [0.29, 0.717) is 5.95 Å². The first kappa shape index (κ1) is 12.3. The van der Waals surface area contributed by atoms with Crippen LogP contribution in [0.4, 0.5) is 5.95 Å². The number of likely N-dealkylation sites (N-methyl/N-ethyl adjacent to an activating group) is 1. The number of hydrogen-bond acceptors (Lipinski definition) is 4. The number of fused-ring (bicyclic) bond motifs is 1. The average Bonchev–Trinajstić information content (AvgIpc) is 2.29. The molecule has 0 saturated heterocycles. The molecule has 90 valence electrons. The third kappa shape index (κ3) is 3.38. The van der Waals surface area contributed by atoms with E-state index >= 15 is 0 Å². The number of aromatic nitrogens is 2. The van der Waals surface area contributed by atoms with Gasteiger partial charge in [-0.1, -0.05) is 15.9 Å². The molecule has 0 aliphatic heterocycles. The summed E-state index contributed by atoms with van der Waals surface area (Å²) in [5.41, 5.74) is 0.954. The summed E-state index contributed by atoms with van der Waals surface area (Å²) >= 11 is 3.43. The highest BCUT2D eigenvalue weighted by molar-refractivity contribution is 9.10. The van der Waals surface area contributed by atoms with E-state index in [1.54, 1.807) is 0 Å². The Morgan fingerprint density at radius 3 is 2.94 bits per heavy atom. The smallest absolute Gasteiger partial charge is 0.223 e. The van der Waals surface area contributed by atoms with Gasteiger partial charge in [0.2, 0.25) is 5.95 Å². The lowest BCUT2D eigenvalue weighted by Crippen LogP contribution is -2.21. The van der Waals surface area contributed by atoms with Crippen molar-refractivity contribution < 1.29 is 0 Å². The van der Waals surface area contributed by atoms with Crippen LogP contribution in [0.1, 0.15) is 0 Å². The molecule has 5 heteroatoms. The maximum atomic E-state index is 4.45. The van der Waals surface area contributed by atoms with Crippen LogP contribution in [0.25, 0.3) is 10.9 Å². The molecule has 0 spiro atoms. The summed E-state index contributed by atoms with van der Waals surface area (Å²) in [6.45, 7) is 1.80. The van der Waals surface area contributed by atoms with Gasteiger partial charge in [-0.15, -0.1) is 0 Å². The van der Waals surface area contributed by atoms with Crippen molar-refractivity contribution in [2.24, 2.45) is 0 Å². The molecular weight excluding hydrogens is 280 g/mol. The lowest BCUT2D eigenvalue weighted by atomic mass is 10.2. The molecule has 4 nitrogen and oxygen atoms in total. The van der Waals surface area contributed by atoms with Crippen molar-refractivity contribution in [3.8, 4) is 0 Å². The van der Waals surface area contributed by atoms with Crippen molar-refractivity contribution in [3.63, 3.8) is 0 Å². The van der Waals surface area contributed by atoms with E-state index in [1.165, 1.54) is 0 Å². The van der Waals surface area contributed by atoms with E-state index in [1.807, 2.05) is 38.5 Å². The van der Waals surface area contributed by atoms with Crippen LogP contribution in [0.2, 0.25) is 0 Å². The third-order valence-corrected chi connectivity index (χ3v) is 2.88. The van der Waals surface area contributed by atoms with Crippen LogP contribution in [0.3, 0.4) is 0 Å². The molecule has 17 heavy (non-hydrogen) atoms. The highest BCUT2D eigenvalue weighted by atomic mass is 79.9. The Bertz CT molecular complexity index is 513. The van der Waals surface area contributed by atoms with Crippen LogP contribution in [-0.4, -0.2) is 42.1 Å². The van der Waals surface area contributed by atoms with Gasteiger partial charge in [-0.3, -0.25) is 0 Å². The van der Waals surface area contributed by atoms with Crippen molar-refractivity contribution in [2.45, 2.75) is 0 Å². The zero-order valence-corrected chi connectivity index (χ0v) is 11.5. The van der Waals surface area contributed by atoms with E-state index in [-0.39, 0.29) is 0 Å². The summed E-state index contributed by atoms with van der Waals surface area (Å²) in [6.07, 6.45) is 1.84. The van der Waals surface area contributed by atoms with E-state index in [2.05, 4.69) is 36.1 Å². The summed E-state index contributed by atoms with van der Waals surface area (Å²) < 4.78 is 1.04. The summed E-state index contributed by atoms with van der Waals surface area (Å²) in [5, 5.41) is 4.25. The number of rotatable bonds is 4. The molecule has 0 unspecified atom stereocenters. The van der Waals surface area contributed by atoms with Crippen LogP contribution in [0, 0.1) is 0 Å². The molecule has 0 amide bonds. The van der Waals surface area contributed by atoms with Crippen molar-refractivity contribution in [2.75, 3.05) is 32.5 Å². The molecular formula is C12H15BrN4. The second-order valence-corrected chi connectivity index (χ2v) is 5.04. The van der Waals surface area contributed by atoms with Gasteiger partial charge in [0.05, 0.1) is 5.52 Å². The third-order valence-electron chi connectivity index (χ3n) is 2.38. The molecule has 1 aromatic carbocycles. The lowest BCUT2D eigenvalue weighted by Gasteiger charge is -2.10. The summed E-state index contributed by atoms with van der Waals surface area (Å²) in [6, 6.07) is 5.98. The van der Waals surface area contributed by atoms with E-state index < -0.39 is 0 Å². The second-order valence-electron chi connectivity index (χ2n) is 4.13. The number of anilines is 1. The number of nitrogens with one attached hydrogen (secondary N) is 1. The van der Waals surface area contributed by atoms with Gasteiger partial charge in [0.25, 0.3) is 0 Å². The van der Waals surface area contributed by atoms with Crippen molar-refractivity contribution >= 4 is 32.8 Å². The molecule has 0 aliphatic rings. The highest BCUT2D eigenvalue weighted by Gasteiger charge is 2.00. The maximum Gasteiger partial charge on any atom is 0.223 e. The zero-order valence-electron chi connectivity index (χ0n) is 9.94. The molecule has 2 rings (SSSR count). The van der Waals surface area contributed by atoms with E-state index in [4.69, 9.17) is 0 Å². The lowest BCUT2D eigenvalue weighted by molar-refractivity contribution is 0.425. The van der Waals surface area contributed by atoms with Gasteiger partial charge >= 0.3 is 0 Å². The molecule has 0 bridgehead atoms. The Balaban J connectivity index is 2.12. The zero-order chi connectivity index (χ0) is 12.3. The SMILES string of the molecule is CN(C)CCNc1ncc2cc(Br)ccc2n1. The predicted octanol–water partition coefficient (Wildman–Crippen LogP) is 2.37. The first-order valence-corrected chi connectivity index (χ1v) is 6.25. The fourth-order valence-corrected chi connectivity index (χ4v) is 1.86. The van der Waals surface area contributed by atoms with Crippen LogP contribution >= 0.6 is 15.9 Å². The van der Waals surface area contributed by atoms with Crippen molar-refractivity contribution in [1.82, 2.24) is 14.9 Å². The minimum atomic E-state index is 0.682. The van der Waals surface area contributed by atoms with Crippen LogP contribution < -0.4 is 5.32 Å². The summed E-state index contributed by atoms with van der Waals surface area (Å²) in [7, 11) is 4.08. The van der Waals surface area contributed by atoms with Gasteiger partial charge in [0.1, 0.15) is 0 Å². The van der Waals surface area contributed by atoms with Crippen molar-refractivity contribution in [1.29, 1.82) is 0 Å². The second kappa shape index (κ2) is 5.42. The molecule has 2 aromatic rings. The minimum Gasteiger partial charge on any atom is -0.353 e. The van der Waals surface area contributed by atoms with E-state index in [0.717, 1.165) is 28.5 Å². The number of halogens is 1. The molecule has 1 heterocycles. The van der Waals surface area contributed by atoms with Gasteiger partial charge in [0.15, 0.2) is 0 Å². The first-order chi connectivity index (χ1) is 8.15. The van der Waals surface area contributed by atoms with Gasteiger partial charge in [-0.05, 0) is 32.3 Å². The molecule has 1 aromatic heterocycles. The molecule has 1 N–H and O–H groups in total. The number of benzene rings is 1. The summed E-state index contributed by atoms with van der Waals surface area (Å²) in [4.78, 5) is 10.9. The standard InChI is InChI=1S/C12H15BrN4/c1-17(2)6-5-14-12-15-8-9-7-10(13)3-4-11(9)16-12/h3-4,7-8H,5-6H2,1-2H3,(H,14,15,16). The first-order valence-electron chi connectivity index (χ1n) is 5.46. The fraction of sp³-hybridized carbons (Fsp3) is 0.333. The molecule has 0 atom stereocenters. The fourth-order valence-electron chi connectivity index (χ4n) is 1.48. The van der Waals surface area contributed by atoms with Gasteiger partial charge in [-0.25, -0.2) is 9.97 Å². The molecule has 0 aliphatic carbocycles. The van der Waals surface area contributed by atoms with Gasteiger partial charge in [0, 0.05) is 29.1 Å². The van der Waals surface area contributed by atoms with Crippen molar-refractivity contribution in [3.05, 3.63) is 28.9 Å². The maximum absolute atomic E-state index is 4.45. The average molecular weight is 295 g/mol. The van der Waals surface area contributed by atoms with Gasteiger partial charge in [-0.2, -0.15) is 0 Å². The predicted molar refractivity (Wildman–Crippen MR) is 74.3 cm³/mol. The summed E-state index contributed by atoms with van der Waals surface area (Å²) in [5.74, 6) is 0.682.